The van der Waals surface area contributed by atoms with Gasteiger partial charge in [-0.3, -0.25) is 4.79 Å². The van der Waals surface area contributed by atoms with Crippen LogP contribution in [0.1, 0.15) is 24.8 Å². The number of hydrogen-bond donors (Lipinski definition) is 2. The number of nitrogens with zero attached hydrogens (tertiary/aromatic N) is 2. The Hall–Kier alpha value is -4.20. The first kappa shape index (κ1) is 26.4. The second-order valence-electron chi connectivity index (χ2n) is 7.92. The van der Waals surface area contributed by atoms with Crippen LogP contribution in [0.5, 0.6) is 17.2 Å². The maximum Gasteiger partial charge on any atom is 0.412 e. The zero-order valence-corrected chi connectivity index (χ0v) is 19.6. The molecule has 1 unspecified atom stereocenters. The normalized spacial score (nSPS) is 17.8. The van der Waals surface area contributed by atoms with Crippen molar-refractivity contribution in [2.45, 2.75) is 25.4 Å². The maximum absolute atomic E-state index is 12.8. The van der Waals surface area contributed by atoms with Crippen LogP contribution in [0.4, 0.5) is 13.2 Å². The fraction of sp³-hybridized carbons (Fsp3) is 0.320. The van der Waals surface area contributed by atoms with Gasteiger partial charge >= 0.3 is 6.18 Å². The van der Waals surface area contributed by atoms with Crippen molar-refractivity contribution in [1.82, 2.24) is 5.43 Å². The molecular weight excluding hydrogens is 479 g/mol. The molecule has 0 radical (unpaired) electrons. The lowest BCUT2D eigenvalue weighted by molar-refractivity contribution is -0.123. The SMILES string of the molecule is COc1cc(/C=N\NC(=O)C2C=C(C#N)C(O)=CC2)cc(OC)c1OCC1=CC=C(C(F)(F)F)CC1. The highest BCUT2D eigenvalue weighted by Gasteiger charge is 2.33. The number of aliphatic hydroxyl groups is 1. The van der Waals surface area contributed by atoms with Crippen LogP contribution in [0.2, 0.25) is 0 Å². The molecule has 2 N–H and O–H groups in total. The van der Waals surface area contributed by atoms with E-state index in [9.17, 15) is 23.1 Å². The van der Waals surface area contributed by atoms with Crippen LogP contribution >= 0.6 is 0 Å². The van der Waals surface area contributed by atoms with E-state index in [0.717, 1.165) is 6.08 Å². The third kappa shape index (κ3) is 6.47. The van der Waals surface area contributed by atoms with Crippen molar-refractivity contribution in [3.63, 3.8) is 0 Å². The Morgan fingerprint density at radius 1 is 1.25 bits per heavy atom. The number of amides is 1. The minimum absolute atomic E-state index is 0.0243. The second kappa shape index (κ2) is 11.5. The number of hydrogen-bond acceptors (Lipinski definition) is 7. The zero-order chi connectivity index (χ0) is 26.3. The summed E-state index contributed by atoms with van der Waals surface area (Å²) in [6, 6.07) is 5.02. The van der Waals surface area contributed by atoms with Gasteiger partial charge in [0.1, 0.15) is 18.4 Å². The van der Waals surface area contributed by atoms with Crippen molar-refractivity contribution < 1.29 is 37.3 Å². The summed E-state index contributed by atoms with van der Waals surface area (Å²) in [4.78, 5) is 12.3. The highest BCUT2D eigenvalue weighted by Crippen LogP contribution is 2.39. The maximum atomic E-state index is 12.8. The minimum atomic E-state index is -4.33. The number of nitriles is 1. The van der Waals surface area contributed by atoms with Crippen molar-refractivity contribution in [1.29, 1.82) is 5.26 Å². The Bertz CT molecular complexity index is 1180. The summed E-state index contributed by atoms with van der Waals surface area (Å²) in [5, 5.41) is 22.5. The second-order valence-corrected chi connectivity index (χ2v) is 7.92. The molecule has 3 rings (SSSR count). The van der Waals surface area contributed by atoms with E-state index >= 15 is 0 Å². The molecule has 0 aromatic heterocycles. The molecule has 1 aromatic carbocycles. The Balaban J connectivity index is 1.68. The topological polar surface area (TPSA) is 113 Å². The molecule has 0 spiro atoms. The van der Waals surface area contributed by atoms with Gasteiger partial charge in [-0.05, 0) is 43.0 Å². The van der Waals surface area contributed by atoms with Gasteiger partial charge in [0.15, 0.2) is 11.5 Å². The van der Waals surface area contributed by atoms with E-state index in [1.165, 1.54) is 38.7 Å². The van der Waals surface area contributed by atoms with Crippen LogP contribution in [-0.2, 0) is 4.79 Å². The van der Waals surface area contributed by atoms with Crippen molar-refractivity contribution in [3.8, 4) is 23.3 Å². The molecule has 2 aliphatic rings. The molecule has 1 aromatic rings. The smallest absolute Gasteiger partial charge is 0.412 e. The van der Waals surface area contributed by atoms with Crippen LogP contribution < -0.4 is 19.6 Å². The molecule has 0 saturated carbocycles. The molecule has 2 aliphatic carbocycles. The lowest BCUT2D eigenvalue weighted by Gasteiger charge is -2.19. The standard InChI is InChI=1S/C25H24F3N3O5/c1-34-21-9-16(13-30-31-24(33)17-5-8-20(32)18(11-17)12-29)10-22(35-2)23(21)36-14-15-3-6-19(7-4-15)25(26,27)28/h3,6,8-11,13,17,32H,4-5,7,14H2,1-2H3,(H,31,33)/b30-13-. The summed E-state index contributed by atoms with van der Waals surface area (Å²) in [5.74, 6) is -0.377. The average molecular weight is 503 g/mol. The van der Waals surface area contributed by atoms with Crippen LogP contribution in [0.25, 0.3) is 0 Å². The Morgan fingerprint density at radius 3 is 2.50 bits per heavy atom. The quantitative estimate of drug-likeness (QED) is 0.394. The van der Waals surface area contributed by atoms with E-state index in [2.05, 4.69) is 10.5 Å². The third-order valence-electron chi connectivity index (χ3n) is 5.54. The first-order chi connectivity index (χ1) is 17.2. The number of methoxy groups -OCH3 is 2. The lowest BCUT2D eigenvalue weighted by atomic mass is 9.95. The van der Waals surface area contributed by atoms with Gasteiger partial charge in [-0.2, -0.15) is 23.5 Å². The molecule has 11 heteroatoms. The highest BCUT2D eigenvalue weighted by molar-refractivity contribution is 5.86. The van der Waals surface area contributed by atoms with Crippen molar-refractivity contribution >= 4 is 12.1 Å². The van der Waals surface area contributed by atoms with E-state index in [4.69, 9.17) is 19.5 Å². The fourth-order valence-electron chi connectivity index (χ4n) is 3.55. The van der Waals surface area contributed by atoms with Crippen molar-refractivity contribution in [2.24, 2.45) is 11.0 Å². The summed E-state index contributed by atoms with van der Waals surface area (Å²) in [6.07, 6.45) is 2.62. The summed E-state index contributed by atoms with van der Waals surface area (Å²) in [6.45, 7) is 0.0570. The number of ether oxygens (including phenoxy) is 3. The number of halogens is 3. The van der Waals surface area contributed by atoms with Gasteiger partial charge in [-0.1, -0.05) is 18.2 Å². The van der Waals surface area contributed by atoms with Gasteiger partial charge in [-0.25, -0.2) is 5.43 Å². The minimum Gasteiger partial charge on any atom is -0.507 e. The number of aliphatic hydroxyl groups excluding tert-OH is 1. The number of rotatable bonds is 8. The predicted octanol–water partition coefficient (Wildman–Crippen LogP) is 4.65. The van der Waals surface area contributed by atoms with E-state index in [0.29, 0.717) is 22.6 Å². The number of alkyl halides is 3. The number of benzene rings is 1. The monoisotopic (exact) mass is 503 g/mol. The molecule has 8 nitrogen and oxygen atoms in total. The van der Waals surface area contributed by atoms with E-state index in [-0.39, 0.29) is 43.0 Å². The summed E-state index contributed by atoms with van der Waals surface area (Å²) in [7, 11) is 2.85. The zero-order valence-electron chi connectivity index (χ0n) is 19.6. The van der Waals surface area contributed by atoms with E-state index in [1.807, 2.05) is 6.07 Å². The molecule has 190 valence electrons. The first-order valence-corrected chi connectivity index (χ1v) is 10.8. The highest BCUT2D eigenvalue weighted by atomic mass is 19.4. The summed E-state index contributed by atoms with van der Waals surface area (Å²) < 4.78 is 55.0. The Labute approximate surface area is 205 Å². The number of carbonyl (C=O) groups excluding carboxylic acids is 1. The van der Waals surface area contributed by atoms with Crippen molar-refractivity contribution in [3.05, 3.63) is 64.5 Å². The largest absolute Gasteiger partial charge is 0.507 e. The molecule has 0 saturated heterocycles. The van der Waals surface area contributed by atoms with Crippen molar-refractivity contribution in [2.75, 3.05) is 20.8 Å². The fourth-order valence-corrected chi connectivity index (χ4v) is 3.55. The van der Waals surface area contributed by atoms with Crippen LogP contribution in [0, 0.1) is 17.2 Å². The van der Waals surface area contributed by atoms with Crippen LogP contribution in [0.3, 0.4) is 0 Å². The van der Waals surface area contributed by atoms with Crippen LogP contribution in [0.15, 0.2) is 64.0 Å². The Kier molecular flexibility index (Phi) is 8.42. The Morgan fingerprint density at radius 2 is 1.94 bits per heavy atom. The number of allylic oxidation sites excluding steroid dienone is 5. The van der Waals surface area contributed by atoms with Gasteiger partial charge in [0.25, 0.3) is 0 Å². The summed E-state index contributed by atoms with van der Waals surface area (Å²) >= 11 is 0. The number of carbonyl (C=O) groups is 1. The molecule has 36 heavy (non-hydrogen) atoms. The average Bonchev–Trinajstić information content (AvgIpc) is 2.87. The number of nitrogens with one attached hydrogen (secondary N) is 1. The van der Waals surface area contributed by atoms with Gasteiger partial charge in [0.2, 0.25) is 11.7 Å². The van der Waals surface area contributed by atoms with Crippen LogP contribution in [-0.4, -0.2) is 44.2 Å². The molecular formula is C25H24F3N3O5. The van der Waals surface area contributed by atoms with Gasteiger partial charge < -0.3 is 19.3 Å². The summed E-state index contributed by atoms with van der Waals surface area (Å²) in [5.41, 5.74) is 3.05. The first-order valence-electron chi connectivity index (χ1n) is 10.8. The molecule has 1 amide bonds. The molecule has 0 heterocycles. The lowest BCUT2D eigenvalue weighted by Crippen LogP contribution is -2.26. The predicted molar refractivity (Wildman–Crippen MR) is 125 cm³/mol. The van der Waals surface area contributed by atoms with Gasteiger partial charge in [-0.15, -0.1) is 0 Å². The van der Waals surface area contributed by atoms with E-state index < -0.39 is 23.6 Å². The van der Waals surface area contributed by atoms with Gasteiger partial charge in [0, 0.05) is 11.1 Å². The molecule has 1 atom stereocenters. The molecule has 0 aliphatic heterocycles. The molecule has 0 fully saturated rings. The van der Waals surface area contributed by atoms with E-state index in [1.54, 1.807) is 12.1 Å². The molecule has 0 bridgehead atoms. The third-order valence-corrected chi connectivity index (χ3v) is 5.54. The van der Waals surface area contributed by atoms with Gasteiger partial charge in [0.05, 0.1) is 31.9 Å². The number of hydrazone groups is 1.